The molecule has 0 aliphatic rings. The minimum Gasteiger partial charge on any atom is -0.344 e. The van der Waals surface area contributed by atoms with Gasteiger partial charge in [-0.15, -0.1) is 0 Å². The topological polar surface area (TPSA) is 60.0 Å². The molecule has 2 aromatic rings. The number of benzene rings is 1. The van der Waals surface area contributed by atoms with Crippen molar-refractivity contribution in [2.75, 3.05) is 11.9 Å². The molecule has 1 amide bonds. The van der Waals surface area contributed by atoms with Crippen molar-refractivity contribution in [1.29, 1.82) is 0 Å². The Morgan fingerprint density at radius 2 is 2.05 bits per heavy atom. The van der Waals surface area contributed by atoms with Crippen LogP contribution in [0.3, 0.4) is 0 Å². The Labute approximate surface area is 125 Å². The molecule has 0 saturated heterocycles. The van der Waals surface area contributed by atoms with Gasteiger partial charge >= 0.3 is 0 Å². The number of nitrogens with two attached hydrogens (primary N) is 1. The molecule has 2 rings (SSSR count). The van der Waals surface area contributed by atoms with E-state index < -0.39 is 0 Å². The van der Waals surface area contributed by atoms with E-state index >= 15 is 0 Å². The van der Waals surface area contributed by atoms with Gasteiger partial charge in [-0.2, -0.15) is 0 Å². The van der Waals surface area contributed by atoms with Gasteiger partial charge in [-0.3, -0.25) is 4.79 Å². The number of hydrogen-bond acceptors (Lipinski definition) is 2. The van der Waals surface area contributed by atoms with E-state index in [0.29, 0.717) is 12.2 Å². The Balaban J connectivity index is 2.20. The predicted molar refractivity (Wildman–Crippen MR) is 85.2 cm³/mol. The lowest BCUT2D eigenvalue weighted by Gasteiger charge is -2.10. The smallest absolute Gasteiger partial charge is 0.272 e. The Morgan fingerprint density at radius 3 is 2.62 bits per heavy atom. The molecule has 1 aromatic heterocycles. The molecular formula is C17H19N3O. The first-order chi connectivity index (χ1) is 10.0. The summed E-state index contributed by atoms with van der Waals surface area (Å²) in [5, 5.41) is 2.93. The highest BCUT2D eigenvalue weighted by molar-refractivity contribution is 6.03. The zero-order valence-electron chi connectivity index (χ0n) is 12.5. The van der Waals surface area contributed by atoms with Crippen molar-refractivity contribution in [3.63, 3.8) is 0 Å². The third-order valence-corrected chi connectivity index (χ3v) is 3.41. The summed E-state index contributed by atoms with van der Waals surface area (Å²) < 4.78 is 1.87. The van der Waals surface area contributed by atoms with Crippen molar-refractivity contribution in [2.24, 2.45) is 12.8 Å². The van der Waals surface area contributed by atoms with Gasteiger partial charge in [-0.25, -0.2) is 0 Å². The second-order valence-corrected chi connectivity index (χ2v) is 4.91. The summed E-state index contributed by atoms with van der Waals surface area (Å²) in [6.45, 7) is 4.25. The fourth-order valence-electron chi connectivity index (χ4n) is 2.06. The molecule has 3 N–H and O–H groups in total. The van der Waals surface area contributed by atoms with Crippen molar-refractivity contribution in [3.05, 3.63) is 52.8 Å². The third-order valence-electron chi connectivity index (χ3n) is 3.41. The summed E-state index contributed by atoms with van der Waals surface area (Å²) in [7, 11) is 1.88. The summed E-state index contributed by atoms with van der Waals surface area (Å²) in [6.07, 6.45) is 0. The van der Waals surface area contributed by atoms with Crippen molar-refractivity contribution in [1.82, 2.24) is 4.57 Å². The molecule has 0 bridgehead atoms. The summed E-state index contributed by atoms with van der Waals surface area (Å²) in [5.41, 5.74) is 9.69. The van der Waals surface area contributed by atoms with Crippen molar-refractivity contribution >= 4 is 11.6 Å². The van der Waals surface area contributed by atoms with Crippen molar-refractivity contribution in [2.45, 2.75) is 13.8 Å². The average molecular weight is 281 g/mol. The van der Waals surface area contributed by atoms with Crippen LogP contribution < -0.4 is 11.1 Å². The van der Waals surface area contributed by atoms with Gasteiger partial charge in [0.15, 0.2) is 0 Å². The molecule has 0 spiro atoms. The van der Waals surface area contributed by atoms with Crippen molar-refractivity contribution in [3.8, 4) is 11.8 Å². The molecule has 0 radical (unpaired) electrons. The zero-order chi connectivity index (χ0) is 15.4. The van der Waals surface area contributed by atoms with Crippen LogP contribution >= 0.6 is 0 Å². The third kappa shape index (κ3) is 3.33. The molecule has 1 heterocycles. The van der Waals surface area contributed by atoms with Gasteiger partial charge in [-0.1, -0.05) is 11.8 Å². The van der Waals surface area contributed by atoms with E-state index in [2.05, 4.69) is 17.2 Å². The first-order valence-corrected chi connectivity index (χ1v) is 6.76. The lowest BCUT2D eigenvalue weighted by molar-refractivity contribution is 0.101. The molecule has 4 nitrogen and oxygen atoms in total. The second kappa shape index (κ2) is 6.29. The zero-order valence-corrected chi connectivity index (χ0v) is 12.5. The van der Waals surface area contributed by atoms with E-state index in [9.17, 15) is 4.79 Å². The van der Waals surface area contributed by atoms with Gasteiger partial charge in [-0.05, 0) is 49.7 Å². The molecule has 4 heteroatoms. The summed E-state index contributed by atoms with van der Waals surface area (Å²) in [5.74, 6) is 5.68. The number of anilines is 1. The van der Waals surface area contributed by atoms with E-state index in [0.717, 1.165) is 22.5 Å². The number of aryl methyl sites for hydroxylation is 2. The van der Waals surface area contributed by atoms with Crippen LogP contribution in [0.4, 0.5) is 5.69 Å². The minimum absolute atomic E-state index is 0.116. The Hall–Kier alpha value is -2.51. The molecule has 21 heavy (non-hydrogen) atoms. The van der Waals surface area contributed by atoms with Gasteiger partial charge in [0.05, 0.1) is 6.54 Å². The number of amides is 1. The largest absolute Gasteiger partial charge is 0.344 e. The molecule has 0 fully saturated rings. The summed E-state index contributed by atoms with van der Waals surface area (Å²) in [6, 6.07) is 9.42. The Kier molecular flexibility index (Phi) is 4.46. The molecule has 0 aliphatic carbocycles. The van der Waals surface area contributed by atoms with Gasteiger partial charge in [0.2, 0.25) is 0 Å². The standard InChI is InChI=1S/C17H19N3O/c1-12-11-14(5-4-10-18)7-8-15(12)19-17(21)16-9-6-13(2)20(16)3/h6-9,11H,10,18H2,1-3H3,(H,19,21). The van der Waals surface area contributed by atoms with Gasteiger partial charge in [0.1, 0.15) is 5.69 Å². The molecule has 108 valence electrons. The lowest BCUT2D eigenvalue weighted by atomic mass is 10.1. The van der Waals surface area contributed by atoms with Gasteiger partial charge in [0.25, 0.3) is 5.91 Å². The maximum Gasteiger partial charge on any atom is 0.272 e. The van der Waals surface area contributed by atoms with Gasteiger partial charge < -0.3 is 15.6 Å². The highest BCUT2D eigenvalue weighted by Crippen LogP contribution is 2.17. The number of nitrogens with one attached hydrogen (secondary N) is 1. The first kappa shape index (κ1) is 14.9. The van der Waals surface area contributed by atoms with E-state index in [1.54, 1.807) is 0 Å². The molecular weight excluding hydrogens is 262 g/mol. The quantitative estimate of drug-likeness (QED) is 0.829. The van der Waals surface area contributed by atoms with E-state index in [1.165, 1.54) is 0 Å². The van der Waals surface area contributed by atoms with Crippen molar-refractivity contribution < 1.29 is 4.79 Å². The second-order valence-electron chi connectivity index (χ2n) is 4.91. The fraction of sp³-hybridized carbons (Fsp3) is 0.235. The maximum atomic E-state index is 12.3. The van der Waals surface area contributed by atoms with Crippen LogP contribution in [0.1, 0.15) is 27.3 Å². The average Bonchev–Trinajstić information content (AvgIpc) is 2.79. The number of nitrogens with zero attached hydrogens (tertiary/aromatic N) is 1. The van der Waals surface area contributed by atoms with E-state index in [4.69, 9.17) is 5.73 Å². The SMILES string of the molecule is Cc1cc(C#CCN)ccc1NC(=O)c1ccc(C)n1C. The highest BCUT2D eigenvalue weighted by atomic mass is 16.1. The van der Waals surface area contributed by atoms with Crippen LogP contribution in [-0.2, 0) is 7.05 Å². The number of hydrogen-bond donors (Lipinski definition) is 2. The molecule has 1 aromatic carbocycles. The normalized spacial score (nSPS) is 9.90. The lowest BCUT2D eigenvalue weighted by Crippen LogP contribution is -2.16. The highest BCUT2D eigenvalue weighted by Gasteiger charge is 2.12. The Morgan fingerprint density at radius 1 is 1.29 bits per heavy atom. The van der Waals surface area contributed by atoms with Crippen LogP contribution in [0.5, 0.6) is 0 Å². The maximum absolute atomic E-state index is 12.3. The Bertz CT molecular complexity index is 732. The summed E-state index contributed by atoms with van der Waals surface area (Å²) in [4.78, 5) is 12.3. The minimum atomic E-state index is -0.116. The van der Waals surface area contributed by atoms with Crippen LogP contribution in [0, 0.1) is 25.7 Å². The fourth-order valence-corrected chi connectivity index (χ4v) is 2.06. The number of carbonyl (C=O) groups excluding carboxylic acids is 1. The number of rotatable bonds is 2. The van der Waals surface area contributed by atoms with E-state index in [1.807, 2.05) is 55.8 Å². The molecule has 0 unspecified atom stereocenters. The first-order valence-electron chi connectivity index (χ1n) is 6.76. The summed E-state index contributed by atoms with van der Waals surface area (Å²) >= 11 is 0. The van der Waals surface area contributed by atoms with E-state index in [-0.39, 0.29) is 5.91 Å². The number of carbonyl (C=O) groups is 1. The monoisotopic (exact) mass is 281 g/mol. The predicted octanol–water partition coefficient (Wildman–Crippen LogP) is 2.20. The van der Waals surface area contributed by atoms with Crippen LogP contribution in [0.25, 0.3) is 0 Å². The molecule has 0 saturated carbocycles. The van der Waals surface area contributed by atoms with Crippen LogP contribution in [-0.4, -0.2) is 17.0 Å². The molecule has 0 aliphatic heterocycles. The van der Waals surface area contributed by atoms with Gasteiger partial charge in [0, 0.05) is 24.0 Å². The van der Waals surface area contributed by atoms with Crippen LogP contribution in [0.2, 0.25) is 0 Å². The number of aromatic nitrogens is 1. The van der Waals surface area contributed by atoms with Crippen LogP contribution in [0.15, 0.2) is 30.3 Å². The molecule has 0 atom stereocenters.